The SMILES string of the molecule is O=C1CO[C@H](C(=O)N2CCC3(CC2)OCCc2ccsc23)[C@@H](c2cccnc2)N1.O=CO. The predicted molar refractivity (Wildman–Crippen MR) is 115 cm³/mol. The molecule has 170 valence electrons. The van der Waals surface area contributed by atoms with E-state index >= 15 is 0 Å². The van der Waals surface area contributed by atoms with Gasteiger partial charge in [0.2, 0.25) is 5.91 Å². The number of likely N-dealkylation sites (tertiary alicyclic amines) is 1. The van der Waals surface area contributed by atoms with E-state index in [1.165, 1.54) is 10.4 Å². The zero-order valence-electron chi connectivity index (χ0n) is 17.4. The Bertz CT molecular complexity index is 958. The van der Waals surface area contributed by atoms with Crippen LogP contribution >= 0.6 is 11.3 Å². The van der Waals surface area contributed by atoms with Gasteiger partial charge in [-0.25, -0.2) is 0 Å². The smallest absolute Gasteiger partial charge is 0.290 e. The van der Waals surface area contributed by atoms with Gasteiger partial charge >= 0.3 is 0 Å². The van der Waals surface area contributed by atoms with Crippen molar-refractivity contribution in [2.45, 2.75) is 37.0 Å². The molecule has 10 heteroatoms. The molecule has 32 heavy (non-hydrogen) atoms. The van der Waals surface area contributed by atoms with Crippen molar-refractivity contribution < 1.29 is 29.0 Å². The van der Waals surface area contributed by atoms with E-state index in [1.807, 2.05) is 11.0 Å². The van der Waals surface area contributed by atoms with Crippen molar-refractivity contribution in [1.29, 1.82) is 0 Å². The van der Waals surface area contributed by atoms with E-state index in [9.17, 15) is 9.59 Å². The molecule has 2 N–H and O–H groups in total. The second-order valence-electron chi connectivity index (χ2n) is 7.86. The van der Waals surface area contributed by atoms with Crippen LogP contribution in [0.25, 0.3) is 0 Å². The molecule has 1 spiro atoms. The number of nitrogens with zero attached hydrogens (tertiary/aromatic N) is 2. The molecule has 0 aromatic carbocycles. The van der Waals surface area contributed by atoms with E-state index in [-0.39, 0.29) is 30.5 Å². The van der Waals surface area contributed by atoms with Crippen LogP contribution in [0.4, 0.5) is 0 Å². The van der Waals surface area contributed by atoms with Gasteiger partial charge in [0.1, 0.15) is 12.2 Å². The van der Waals surface area contributed by atoms with Crippen LogP contribution in [-0.2, 0) is 35.9 Å². The first-order valence-corrected chi connectivity index (χ1v) is 11.3. The monoisotopic (exact) mass is 459 g/mol. The highest BCUT2D eigenvalue weighted by molar-refractivity contribution is 7.10. The van der Waals surface area contributed by atoms with Crippen LogP contribution in [0.3, 0.4) is 0 Å². The Labute approximate surface area is 189 Å². The number of carboxylic acid groups (broad SMARTS) is 1. The number of hydrogen-bond donors (Lipinski definition) is 2. The van der Waals surface area contributed by atoms with Crippen molar-refractivity contribution in [3.05, 3.63) is 52.0 Å². The molecular weight excluding hydrogens is 434 g/mol. The van der Waals surface area contributed by atoms with Gasteiger partial charge < -0.3 is 24.8 Å². The van der Waals surface area contributed by atoms with Gasteiger partial charge in [-0.15, -0.1) is 11.3 Å². The largest absolute Gasteiger partial charge is 0.483 e. The van der Waals surface area contributed by atoms with Crippen molar-refractivity contribution in [3.8, 4) is 0 Å². The van der Waals surface area contributed by atoms with Crippen molar-refractivity contribution >= 4 is 29.6 Å². The Morgan fingerprint density at radius 1 is 1.34 bits per heavy atom. The summed E-state index contributed by atoms with van der Waals surface area (Å²) in [6.45, 7) is 1.61. The molecule has 5 rings (SSSR count). The van der Waals surface area contributed by atoms with Crippen LogP contribution in [0.1, 0.15) is 34.9 Å². The molecule has 0 unspecified atom stereocenters. The Balaban J connectivity index is 0.000000775. The van der Waals surface area contributed by atoms with Gasteiger partial charge in [0.15, 0.2) is 6.10 Å². The summed E-state index contributed by atoms with van der Waals surface area (Å²) in [6.07, 6.45) is 5.12. The van der Waals surface area contributed by atoms with Gasteiger partial charge in [0, 0.05) is 30.4 Å². The molecule has 5 heterocycles. The fourth-order valence-corrected chi connectivity index (χ4v) is 5.75. The fourth-order valence-electron chi connectivity index (χ4n) is 4.58. The molecule has 3 aliphatic heterocycles. The van der Waals surface area contributed by atoms with Gasteiger partial charge in [-0.1, -0.05) is 6.07 Å². The summed E-state index contributed by atoms with van der Waals surface area (Å²) < 4.78 is 11.9. The molecule has 2 amide bonds. The van der Waals surface area contributed by atoms with Gasteiger partial charge in [-0.3, -0.25) is 19.4 Å². The van der Waals surface area contributed by atoms with E-state index in [4.69, 9.17) is 19.4 Å². The normalized spacial score (nSPS) is 24.0. The quantitative estimate of drug-likeness (QED) is 0.653. The maximum absolute atomic E-state index is 13.3. The maximum atomic E-state index is 13.3. The Morgan fingerprint density at radius 3 is 2.84 bits per heavy atom. The van der Waals surface area contributed by atoms with E-state index in [1.54, 1.807) is 29.8 Å². The van der Waals surface area contributed by atoms with Crippen LogP contribution in [0.5, 0.6) is 0 Å². The maximum Gasteiger partial charge on any atom is 0.290 e. The number of carbonyl (C=O) groups is 3. The van der Waals surface area contributed by atoms with E-state index in [0.29, 0.717) is 13.1 Å². The molecule has 3 aliphatic rings. The van der Waals surface area contributed by atoms with Gasteiger partial charge in [-0.05, 0) is 47.9 Å². The molecule has 2 aromatic rings. The van der Waals surface area contributed by atoms with Crippen molar-refractivity contribution in [3.63, 3.8) is 0 Å². The van der Waals surface area contributed by atoms with Crippen LogP contribution < -0.4 is 5.32 Å². The van der Waals surface area contributed by atoms with E-state index in [0.717, 1.165) is 31.4 Å². The Kier molecular flexibility index (Phi) is 6.83. The third-order valence-corrected chi connectivity index (χ3v) is 7.24. The van der Waals surface area contributed by atoms with Crippen molar-refractivity contribution in [2.24, 2.45) is 0 Å². The highest BCUT2D eigenvalue weighted by Crippen LogP contribution is 2.44. The number of piperidine rings is 1. The number of aromatic nitrogens is 1. The molecule has 2 fully saturated rings. The average Bonchev–Trinajstić information content (AvgIpc) is 3.31. The number of carbonyl (C=O) groups excluding carboxylic acids is 2. The summed E-state index contributed by atoms with van der Waals surface area (Å²) in [7, 11) is 0. The molecule has 2 saturated heterocycles. The number of hydrogen-bond acceptors (Lipinski definition) is 7. The summed E-state index contributed by atoms with van der Waals surface area (Å²) in [5.41, 5.74) is 1.89. The number of rotatable bonds is 2. The summed E-state index contributed by atoms with van der Waals surface area (Å²) in [5.74, 6) is -0.308. The van der Waals surface area contributed by atoms with Gasteiger partial charge in [0.25, 0.3) is 12.4 Å². The van der Waals surface area contributed by atoms with Crippen LogP contribution in [0.2, 0.25) is 0 Å². The number of thiophene rings is 1. The predicted octanol–water partition coefficient (Wildman–Crippen LogP) is 1.49. The molecule has 0 saturated carbocycles. The lowest BCUT2D eigenvalue weighted by atomic mass is 9.85. The number of pyridine rings is 1. The fraction of sp³-hybridized carbons (Fsp3) is 0.455. The summed E-state index contributed by atoms with van der Waals surface area (Å²) >= 11 is 1.76. The lowest BCUT2D eigenvalue weighted by Gasteiger charge is -2.45. The zero-order chi connectivity index (χ0) is 22.6. The van der Waals surface area contributed by atoms with E-state index < -0.39 is 12.1 Å². The third kappa shape index (κ3) is 4.38. The number of ether oxygens (including phenoxy) is 2. The highest BCUT2D eigenvalue weighted by Gasteiger charge is 2.45. The molecule has 0 radical (unpaired) electrons. The molecule has 9 nitrogen and oxygen atoms in total. The molecule has 2 aromatic heterocycles. The molecular formula is C22H25N3O6S. The minimum Gasteiger partial charge on any atom is -0.483 e. The van der Waals surface area contributed by atoms with Crippen molar-refractivity contribution in [2.75, 3.05) is 26.3 Å². The third-order valence-electron chi connectivity index (χ3n) is 6.09. The summed E-state index contributed by atoms with van der Waals surface area (Å²) in [5, 5.41) is 11.9. The number of nitrogens with one attached hydrogen (secondary N) is 1. The topological polar surface area (TPSA) is 118 Å². The van der Waals surface area contributed by atoms with Crippen LogP contribution in [0.15, 0.2) is 36.0 Å². The second kappa shape index (κ2) is 9.76. The first-order chi connectivity index (χ1) is 15.6. The van der Waals surface area contributed by atoms with Crippen molar-refractivity contribution in [1.82, 2.24) is 15.2 Å². The van der Waals surface area contributed by atoms with Crippen LogP contribution in [-0.4, -0.2) is 65.7 Å². The number of amides is 2. The molecule has 0 aliphatic carbocycles. The minimum absolute atomic E-state index is 0.0871. The summed E-state index contributed by atoms with van der Waals surface area (Å²) in [4.78, 5) is 40.8. The van der Waals surface area contributed by atoms with Crippen LogP contribution in [0, 0.1) is 0 Å². The molecule has 2 atom stereocenters. The minimum atomic E-state index is -0.740. The number of fused-ring (bicyclic) bond motifs is 2. The zero-order valence-corrected chi connectivity index (χ0v) is 18.3. The Morgan fingerprint density at radius 2 is 2.12 bits per heavy atom. The standard InChI is InChI=1S/C21H23N3O4S.CH2O2/c25-16-13-27-18(17(23-16)15-2-1-7-22-12-15)20(26)24-8-5-21(6-9-24)19-14(3-10-28-21)4-11-29-19;2-1-3/h1-2,4,7,11-12,17-18H,3,5-6,8-10,13H2,(H,23,25);1H,(H,2,3)/t17-,18+;/m1./s1. The molecule has 0 bridgehead atoms. The van der Waals surface area contributed by atoms with Gasteiger partial charge in [0.05, 0.1) is 12.6 Å². The lowest BCUT2D eigenvalue weighted by molar-refractivity contribution is -0.160. The highest BCUT2D eigenvalue weighted by atomic mass is 32.1. The lowest BCUT2D eigenvalue weighted by Crippen LogP contribution is -2.56. The first-order valence-electron chi connectivity index (χ1n) is 10.5. The van der Waals surface area contributed by atoms with Gasteiger partial charge in [-0.2, -0.15) is 0 Å². The number of morpholine rings is 1. The average molecular weight is 460 g/mol. The summed E-state index contributed by atoms with van der Waals surface area (Å²) in [6, 6.07) is 5.31. The Hall–Kier alpha value is -2.82. The second-order valence-corrected chi connectivity index (χ2v) is 8.78. The van der Waals surface area contributed by atoms with E-state index in [2.05, 4.69) is 21.7 Å². The first kappa shape index (κ1) is 22.4.